The molecule has 4 heterocycles. The SMILES string of the molecule is C#Cc1c(F)ccc2cc(O)cc(-c3nc(OC)c4c(N(C)C5CC5)nc(OC[C@@]56CCCN5C[C@H](F)C6)nc4c3F)c12. The summed E-state index contributed by atoms with van der Waals surface area (Å²) in [5.74, 6) is 1.11. The lowest BCUT2D eigenvalue weighted by Crippen LogP contribution is -2.43. The van der Waals surface area contributed by atoms with Crippen molar-refractivity contribution in [3.8, 4) is 41.2 Å². The first-order valence-corrected chi connectivity index (χ1v) is 14.3. The maximum atomic E-state index is 16.7. The number of terminal acetylenes is 1. The molecule has 0 unspecified atom stereocenters. The Hall–Kier alpha value is -4.30. The minimum atomic E-state index is -0.928. The fourth-order valence-corrected chi connectivity index (χ4v) is 6.78. The van der Waals surface area contributed by atoms with E-state index < -0.39 is 23.3 Å². The maximum Gasteiger partial charge on any atom is 0.319 e. The van der Waals surface area contributed by atoms with Gasteiger partial charge in [-0.2, -0.15) is 9.97 Å². The zero-order valence-electron chi connectivity index (χ0n) is 23.8. The third-order valence-electron chi connectivity index (χ3n) is 9.02. The number of ether oxygens (including phenoxy) is 2. The van der Waals surface area contributed by atoms with E-state index in [1.54, 1.807) is 0 Å². The van der Waals surface area contributed by atoms with Crippen molar-refractivity contribution >= 4 is 27.5 Å². The molecule has 43 heavy (non-hydrogen) atoms. The van der Waals surface area contributed by atoms with E-state index in [4.69, 9.17) is 15.9 Å². The van der Waals surface area contributed by atoms with Gasteiger partial charge in [0.2, 0.25) is 5.88 Å². The van der Waals surface area contributed by atoms with Crippen molar-refractivity contribution in [1.29, 1.82) is 0 Å². The topological polar surface area (TPSA) is 83.8 Å². The van der Waals surface area contributed by atoms with Gasteiger partial charge in [-0.05, 0) is 55.8 Å². The Balaban J connectivity index is 1.43. The lowest BCUT2D eigenvalue weighted by Gasteiger charge is -2.31. The van der Waals surface area contributed by atoms with Gasteiger partial charge in [0, 0.05) is 37.0 Å². The third kappa shape index (κ3) is 4.47. The number of aromatic hydroxyl groups is 1. The highest BCUT2D eigenvalue weighted by Crippen LogP contribution is 2.44. The van der Waals surface area contributed by atoms with Crippen LogP contribution in [0.1, 0.15) is 37.7 Å². The summed E-state index contributed by atoms with van der Waals surface area (Å²) >= 11 is 0. The van der Waals surface area contributed by atoms with Crippen molar-refractivity contribution in [3.05, 3.63) is 41.5 Å². The first kappa shape index (κ1) is 27.5. The van der Waals surface area contributed by atoms with Crippen LogP contribution in [0.15, 0.2) is 24.3 Å². The van der Waals surface area contributed by atoms with Crippen LogP contribution >= 0.6 is 0 Å². The monoisotopic (exact) mass is 589 g/mol. The van der Waals surface area contributed by atoms with Gasteiger partial charge in [-0.15, -0.1) is 6.42 Å². The van der Waals surface area contributed by atoms with Gasteiger partial charge in [-0.25, -0.2) is 18.2 Å². The van der Waals surface area contributed by atoms with Crippen LogP contribution in [-0.4, -0.2) is 76.6 Å². The number of hydrogen-bond donors (Lipinski definition) is 1. The van der Waals surface area contributed by atoms with Crippen LogP contribution in [0.3, 0.4) is 0 Å². The second kappa shape index (κ2) is 10.2. The molecule has 0 radical (unpaired) electrons. The van der Waals surface area contributed by atoms with E-state index in [1.165, 1.54) is 31.4 Å². The van der Waals surface area contributed by atoms with Gasteiger partial charge >= 0.3 is 6.01 Å². The number of halogens is 3. The molecule has 4 aromatic rings. The highest BCUT2D eigenvalue weighted by molar-refractivity contribution is 6.04. The predicted octanol–water partition coefficient (Wildman–Crippen LogP) is 5.37. The van der Waals surface area contributed by atoms with Gasteiger partial charge < -0.3 is 19.5 Å². The largest absolute Gasteiger partial charge is 0.508 e. The molecule has 222 valence electrons. The molecule has 1 aliphatic carbocycles. The predicted molar refractivity (Wildman–Crippen MR) is 156 cm³/mol. The first-order chi connectivity index (χ1) is 20.7. The van der Waals surface area contributed by atoms with E-state index in [9.17, 15) is 13.9 Å². The number of phenolic OH excluding ortho intramolecular Hbond substituents is 1. The molecule has 2 aromatic carbocycles. The van der Waals surface area contributed by atoms with Crippen LogP contribution < -0.4 is 14.4 Å². The molecule has 7 rings (SSSR count). The van der Waals surface area contributed by atoms with Crippen molar-refractivity contribution in [1.82, 2.24) is 19.9 Å². The number of nitrogens with zero attached hydrogens (tertiary/aromatic N) is 5. The van der Waals surface area contributed by atoms with E-state index in [-0.39, 0.29) is 63.4 Å². The summed E-state index contributed by atoms with van der Waals surface area (Å²) in [6, 6.07) is 5.51. The zero-order valence-corrected chi connectivity index (χ0v) is 23.8. The van der Waals surface area contributed by atoms with Crippen molar-refractivity contribution in [3.63, 3.8) is 0 Å². The van der Waals surface area contributed by atoms with E-state index in [2.05, 4.69) is 25.8 Å². The molecule has 8 nitrogen and oxygen atoms in total. The number of fused-ring (bicyclic) bond motifs is 3. The number of benzene rings is 2. The highest BCUT2D eigenvalue weighted by Gasteiger charge is 2.49. The first-order valence-electron chi connectivity index (χ1n) is 14.3. The number of anilines is 1. The van der Waals surface area contributed by atoms with Crippen LogP contribution in [-0.2, 0) is 0 Å². The van der Waals surface area contributed by atoms with Crippen molar-refractivity contribution in [2.45, 2.75) is 49.9 Å². The van der Waals surface area contributed by atoms with Gasteiger partial charge in [0.25, 0.3) is 0 Å². The number of rotatable bonds is 7. The Labute approximate surface area is 246 Å². The molecule has 1 saturated carbocycles. The Morgan fingerprint density at radius 1 is 1.19 bits per heavy atom. The summed E-state index contributed by atoms with van der Waals surface area (Å²) < 4.78 is 57.8. The second-order valence-electron chi connectivity index (χ2n) is 11.7. The summed E-state index contributed by atoms with van der Waals surface area (Å²) in [5, 5.41) is 11.4. The summed E-state index contributed by atoms with van der Waals surface area (Å²) in [6.07, 6.45) is 8.73. The van der Waals surface area contributed by atoms with Crippen LogP contribution in [0.25, 0.3) is 32.9 Å². The molecule has 0 amide bonds. The number of phenols is 1. The Bertz CT molecular complexity index is 1820. The quantitative estimate of drug-likeness (QED) is 0.288. The van der Waals surface area contributed by atoms with Gasteiger partial charge in [-0.3, -0.25) is 4.90 Å². The molecule has 11 heteroatoms. The average Bonchev–Trinajstić information content (AvgIpc) is 3.70. The molecule has 3 aliphatic rings. The summed E-state index contributed by atoms with van der Waals surface area (Å²) in [4.78, 5) is 17.7. The summed E-state index contributed by atoms with van der Waals surface area (Å²) in [5.41, 5.74) is -0.792. The number of methoxy groups -OCH3 is 1. The van der Waals surface area contributed by atoms with Gasteiger partial charge in [0.1, 0.15) is 46.8 Å². The fraction of sp³-hybridized carbons (Fsp3) is 0.406. The third-order valence-corrected chi connectivity index (χ3v) is 9.02. The number of aromatic nitrogens is 3. The lowest BCUT2D eigenvalue weighted by atomic mass is 9.95. The summed E-state index contributed by atoms with van der Waals surface area (Å²) in [7, 11) is 3.27. The van der Waals surface area contributed by atoms with Crippen LogP contribution in [0.4, 0.5) is 19.0 Å². The Morgan fingerprint density at radius 3 is 2.74 bits per heavy atom. The van der Waals surface area contributed by atoms with Gasteiger partial charge in [0.15, 0.2) is 5.82 Å². The van der Waals surface area contributed by atoms with E-state index in [1.807, 2.05) is 11.9 Å². The molecule has 3 fully saturated rings. The maximum absolute atomic E-state index is 16.7. The molecule has 2 saturated heterocycles. The highest BCUT2D eigenvalue weighted by atomic mass is 19.1. The fourth-order valence-electron chi connectivity index (χ4n) is 6.78. The molecule has 2 atom stereocenters. The lowest BCUT2D eigenvalue weighted by molar-refractivity contribution is 0.107. The minimum Gasteiger partial charge on any atom is -0.508 e. The zero-order chi connectivity index (χ0) is 30.0. The molecular weight excluding hydrogens is 559 g/mol. The second-order valence-corrected chi connectivity index (χ2v) is 11.7. The minimum absolute atomic E-state index is 0.0484. The van der Waals surface area contributed by atoms with Crippen molar-refractivity contribution < 1.29 is 27.8 Å². The van der Waals surface area contributed by atoms with Crippen LogP contribution in [0, 0.1) is 24.0 Å². The number of alkyl halides is 1. The van der Waals surface area contributed by atoms with E-state index in [0.29, 0.717) is 24.2 Å². The Morgan fingerprint density at radius 2 is 2.00 bits per heavy atom. The normalized spacial score (nSPS) is 21.7. The van der Waals surface area contributed by atoms with Crippen LogP contribution in [0.2, 0.25) is 0 Å². The molecule has 2 aromatic heterocycles. The van der Waals surface area contributed by atoms with Crippen LogP contribution in [0.5, 0.6) is 17.6 Å². The van der Waals surface area contributed by atoms with E-state index >= 15 is 4.39 Å². The average molecular weight is 590 g/mol. The smallest absolute Gasteiger partial charge is 0.319 e. The van der Waals surface area contributed by atoms with Gasteiger partial charge in [0.05, 0.1) is 18.2 Å². The van der Waals surface area contributed by atoms with Gasteiger partial charge in [-0.1, -0.05) is 12.0 Å². The number of pyridine rings is 1. The number of hydrogen-bond acceptors (Lipinski definition) is 8. The molecular formula is C32H30F3N5O3. The summed E-state index contributed by atoms with van der Waals surface area (Å²) in [6.45, 7) is 1.35. The molecule has 1 N–H and O–H groups in total. The van der Waals surface area contributed by atoms with Crippen molar-refractivity contribution in [2.24, 2.45) is 0 Å². The standard InChI is InChI=1S/C32H30F3N5O3/c1-4-21-23(34)9-6-17-12-20(41)13-22(24(17)21)27-26(35)28-25(30(36-27)42-3)29(39(2)19-7-8-19)38-31(37-28)43-16-32-10-5-11-40(32)15-18(33)14-32/h1,6,9,12-13,18-19,41H,5,7-8,10-11,14-16H2,2-3H3/t18-,32+/m1/s1. The molecule has 0 bridgehead atoms. The molecule has 0 spiro atoms. The van der Waals surface area contributed by atoms with E-state index in [0.717, 1.165) is 32.2 Å². The Kier molecular flexibility index (Phi) is 6.50. The molecule has 2 aliphatic heterocycles. The van der Waals surface area contributed by atoms with Crippen molar-refractivity contribution in [2.75, 3.05) is 38.8 Å².